The molecule has 2 aromatic carbocycles. The number of nitrogen functional groups attached to an aromatic ring is 1. The van der Waals surface area contributed by atoms with Gasteiger partial charge in [-0.15, -0.1) is 0 Å². The van der Waals surface area contributed by atoms with Crippen LogP contribution in [0.15, 0.2) is 70.2 Å². The molecule has 2 aliphatic rings. The van der Waals surface area contributed by atoms with Gasteiger partial charge in [-0.2, -0.15) is 0 Å². The summed E-state index contributed by atoms with van der Waals surface area (Å²) in [6.07, 6.45) is 5.17. The van der Waals surface area contributed by atoms with E-state index in [4.69, 9.17) is 15.0 Å². The molecule has 2 aliphatic heterocycles. The lowest BCUT2D eigenvalue weighted by atomic mass is 10.1. The quantitative estimate of drug-likeness (QED) is 0.284. The van der Waals surface area contributed by atoms with Gasteiger partial charge in [0.15, 0.2) is 27.1 Å². The van der Waals surface area contributed by atoms with Crippen molar-refractivity contribution < 1.29 is 17.7 Å². The maximum atomic E-state index is 13.0. The first-order valence-corrected chi connectivity index (χ1v) is 15.6. The van der Waals surface area contributed by atoms with Crippen molar-refractivity contribution in [3.8, 4) is 34.0 Å². The zero-order valence-corrected chi connectivity index (χ0v) is 23.6. The van der Waals surface area contributed by atoms with Gasteiger partial charge < -0.3 is 25.6 Å². The third kappa shape index (κ3) is 6.18. The minimum absolute atomic E-state index is 0.218. The Labute approximate surface area is 239 Å². The minimum atomic E-state index is -3.40. The number of piperidine rings is 1. The van der Waals surface area contributed by atoms with Crippen LogP contribution >= 0.6 is 0 Å². The average Bonchev–Trinajstić information content (AvgIpc) is 3.52. The largest absolute Gasteiger partial charge is 0.382 e. The average molecular weight is 575 g/mol. The van der Waals surface area contributed by atoms with Crippen LogP contribution in [-0.2, 0) is 21.1 Å². The van der Waals surface area contributed by atoms with E-state index in [1.165, 1.54) is 5.56 Å². The van der Waals surface area contributed by atoms with E-state index < -0.39 is 15.1 Å². The van der Waals surface area contributed by atoms with Crippen LogP contribution in [0.25, 0.3) is 34.0 Å². The van der Waals surface area contributed by atoms with Crippen LogP contribution in [0, 0.1) is 0 Å². The second-order valence-corrected chi connectivity index (χ2v) is 12.8. The van der Waals surface area contributed by atoms with Gasteiger partial charge in [0.2, 0.25) is 0 Å². The monoisotopic (exact) mass is 574 g/mol. The molecular formula is C30H34N6O4S. The first-order valence-electron chi connectivity index (χ1n) is 14.0. The van der Waals surface area contributed by atoms with E-state index in [-0.39, 0.29) is 5.82 Å². The number of anilines is 1. The van der Waals surface area contributed by atoms with Crippen molar-refractivity contribution in [3.63, 3.8) is 0 Å². The van der Waals surface area contributed by atoms with Crippen LogP contribution in [-0.4, -0.2) is 61.1 Å². The predicted molar refractivity (Wildman–Crippen MR) is 157 cm³/mol. The highest BCUT2D eigenvalue weighted by Gasteiger charge is 2.29. The highest BCUT2D eigenvalue weighted by Crippen LogP contribution is 2.30. The van der Waals surface area contributed by atoms with Gasteiger partial charge in [0.1, 0.15) is 5.69 Å². The summed E-state index contributed by atoms with van der Waals surface area (Å²) in [5.74, 6) is 0.621. The maximum absolute atomic E-state index is 13.0. The molecule has 1 atom stereocenters. The molecule has 0 radical (unpaired) electrons. The Hall–Kier alpha value is -3.64. The maximum Gasteiger partial charge on any atom is 0.189 e. The molecule has 0 amide bonds. The molecule has 2 saturated heterocycles. The molecule has 0 bridgehead atoms. The molecule has 11 heteroatoms. The molecule has 41 heavy (non-hydrogen) atoms. The molecule has 0 aliphatic carbocycles. The lowest BCUT2D eigenvalue weighted by Gasteiger charge is -2.23. The normalized spacial score (nSPS) is 18.4. The van der Waals surface area contributed by atoms with Gasteiger partial charge >= 0.3 is 0 Å². The molecular weight excluding hydrogens is 540 g/mol. The highest BCUT2D eigenvalue weighted by atomic mass is 32.2. The topological polar surface area (TPSA) is 145 Å². The number of rotatable bonds is 8. The van der Waals surface area contributed by atoms with Crippen LogP contribution < -0.4 is 16.4 Å². The number of ether oxygens (including phenoxy) is 1. The number of nitrogens with zero attached hydrogens (tertiary/aromatic N) is 3. The van der Waals surface area contributed by atoms with Gasteiger partial charge in [-0.3, -0.25) is 0 Å². The minimum Gasteiger partial charge on any atom is -0.382 e. The molecule has 6 rings (SSSR count). The van der Waals surface area contributed by atoms with Crippen molar-refractivity contribution in [1.29, 1.82) is 0 Å². The second kappa shape index (κ2) is 12.1. The Morgan fingerprint density at radius 3 is 2.44 bits per heavy atom. The zero-order chi connectivity index (χ0) is 28.2. The SMILES string of the molecule is Nc1ncc(-c2ccc(S(=O)(=O)C3CCCNC3)cc2)nc1-c1cc(-c2ccc(CNC3CCOCC3)cc2)no1. The summed E-state index contributed by atoms with van der Waals surface area (Å²) in [6.45, 7) is 3.78. The van der Waals surface area contributed by atoms with E-state index in [9.17, 15) is 8.42 Å². The van der Waals surface area contributed by atoms with E-state index >= 15 is 0 Å². The number of benzene rings is 2. The second-order valence-electron chi connectivity index (χ2n) is 10.6. The summed E-state index contributed by atoms with van der Waals surface area (Å²) in [5, 5.41) is 10.6. The van der Waals surface area contributed by atoms with Crippen molar-refractivity contribution in [2.24, 2.45) is 0 Å². The summed E-state index contributed by atoms with van der Waals surface area (Å²) in [5.41, 5.74) is 10.6. The number of nitrogens with one attached hydrogen (secondary N) is 2. The third-order valence-corrected chi connectivity index (χ3v) is 9.99. The fourth-order valence-electron chi connectivity index (χ4n) is 5.29. The Bertz CT molecular complexity index is 1580. The number of hydrogen-bond donors (Lipinski definition) is 3. The van der Waals surface area contributed by atoms with E-state index in [1.807, 2.05) is 12.1 Å². The van der Waals surface area contributed by atoms with Crippen LogP contribution in [0.2, 0.25) is 0 Å². The van der Waals surface area contributed by atoms with Crippen molar-refractivity contribution in [1.82, 2.24) is 25.8 Å². The number of aromatic nitrogens is 3. The summed E-state index contributed by atoms with van der Waals surface area (Å²) < 4.78 is 37.1. The number of hydrogen-bond acceptors (Lipinski definition) is 10. The molecule has 4 aromatic rings. The molecule has 0 saturated carbocycles. The Kier molecular flexibility index (Phi) is 8.11. The standard InChI is InChI=1S/C30H34N6O4S/c31-30-29(28-16-26(36-40-28)21-5-3-20(4-6-21)17-33-23-11-14-39-15-12-23)35-27(19-34-30)22-7-9-24(10-8-22)41(37,38)25-2-1-13-32-18-25/h3-10,16,19,23,25,32-33H,1-2,11-15,17-18H2,(H2,31,34). The van der Waals surface area contributed by atoms with Crippen LogP contribution in [0.5, 0.6) is 0 Å². The highest BCUT2D eigenvalue weighted by molar-refractivity contribution is 7.92. The van der Waals surface area contributed by atoms with Crippen LogP contribution in [0.3, 0.4) is 0 Å². The molecule has 10 nitrogen and oxygen atoms in total. The fourth-order valence-corrected chi connectivity index (χ4v) is 7.01. The summed E-state index contributed by atoms with van der Waals surface area (Å²) in [7, 11) is -3.40. The summed E-state index contributed by atoms with van der Waals surface area (Å²) in [6, 6.07) is 17.3. The Morgan fingerprint density at radius 2 is 1.71 bits per heavy atom. The van der Waals surface area contributed by atoms with Gasteiger partial charge in [-0.25, -0.2) is 18.4 Å². The van der Waals surface area contributed by atoms with Crippen molar-refractivity contribution in [2.75, 3.05) is 32.0 Å². The van der Waals surface area contributed by atoms with E-state index in [2.05, 4.69) is 37.9 Å². The van der Waals surface area contributed by atoms with E-state index in [0.717, 1.165) is 56.7 Å². The predicted octanol–water partition coefficient (Wildman–Crippen LogP) is 3.84. The summed E-state index contributed by atoms with van der Waals surface area (Å²) >= 11 is 0. The number of sulfone groups is 1. The Morgan fingerprint density at radius 1 is 0.976 bits per heavy atom. The van der Waals surface area contributed by atoms with Crippen molar-refractivity contribution >= 4 is 15.7 Å². The first kappa shape index (κ1) is 27.5. The van der Waals surface area contributed by atoms with Crippen LogP contribution in [0.1, 0.15) is 31.2 Å². The Balaban J connectivity index is 1.16. The van der Waals surface area contributed by atoms with Gasteiger partial charge in [0.25, 0.3) is 0 Å². The lowest BCUT2D eigenvalue weighted by molar-refractivity contribution is 0.0776. The molecule has 2 fully saturated rings. The lowest BCUT2D eigenvalue weighted by Crippen LogP contribution is -2.38. The first-order chi connectivity index (χ1) is 20.0. The van der Waals surface area contributed by atoms with Crippen molar-refractivity contribution in [2.45, 2.75) is 48.4 Å². The van der Waals surface area contributed by atoms with Crippen LogP contribution in [0.4, 0.5) is 5.82 Å². The molecule has 4 heterocycles. The van der Waals surface area contributed by atoms with E-state index in [0.29, 0.717) is 46.7 Å². The summed E-state index contributed by atoms with van der Waals surface area (Å²) in [4.78, 5) is 9.31. The smallest absolute Gasteiger partial charge is 0.189 e. The molecule has 0 spiro atoms. The van der Waals surface area contributed by atoms with Crippen molar-refractivity contribution in [3.05, 3.63) is 66.4 Å². The van der Waals surface area contributed by atoms with E-state index in [1.54, 1.807) is 36.5 Å². The molecule has 4 N–H and O–H groups in total. The van der Waals surface area contributed by atoms with Gasteiger partial charge in [0, 0.05) is 49.5 Å². The third-order valence-electron chi connectivity index (χ3n) is 7.78. The molecule has 1 unspecified atom stereocenters. The molecule has 214 valence electrons. The molecule has 2 aromatic heterocycles. The van der Waals surface area contributed by atoms with Gasteiger partial charge in [0.05, 0.1) is 22.0 Å². The van der Waals surface area contributed by atoms with Gasteiger partial charge in [-0.05, 0) is 49.9 Å². The fraction of sp³-hybridized carbons (Fsp3) is 0.367. The van der Waals surface area contributed by atoms with Gasteiger partial charge in [-0.1, -0.05) is 41.6 Å². The zero-order valence-electron chi connectivity index (χ0n) is 22.8. The number of nitrogens with two attached hydrogens (primary N) is 1.